The zero-order valence-electron chi connectivity index (χ0n) is 12.2. The first-order valence-corrected chi connectivity index (χ1v) is 7.02. The summed E-state index contributed by atoms with van der Waals surface area (Å²) in [7, 11) is 0. The van der Waals surface area contributed by atoms with Crippen LogP contribution in [0.5, 0.6) is 0 Å². The van der Waals surface area contributed by atoms with Gasteiger partial charge in [-0.05, 0) is 23.8 Å². The van der Waals surface area contributed by atoms with Crippen LogP contribution in [0, 0.1) is 0 Å². The number of hydrogen-bond donors (Lipinski definition) is 2. The molecule has 4 nitrogen and oxygen atoms in total. The summed E-state index contributed by atoms with van der Waals surface area (Å²) < 4.78 is 0. The Morgan fingerprint density at radius 2 is 1.59 bits per heavy atom. The maximum atomic E-state index is 12.1. The minimum Gasteiger partial charge on any atom is -0.350 e. The average Bonchev–Trinajstić information content (AvgIpc) is 2.59. The van der Waals surface area contributed by atoms with Crippen molar-refractivity contribution >= 4 is 11.8 Å². The maximum Gasteiger partial charge on any atom is 0.251 e. The van der Waals surface area contributed by atoms with Crippen molar-refractivity contribution in [3.05, 3.63) is 84.4 Å². The molecule has 0 saturated carbocycles. The summed E-state index contributed by atoms with van der Waals surface area (Å²) in [6.07, 6.45) is 1.22. The van der Waals surface area contributed by atoms with E-state index in [-0.39, 0.29) is 17.9 Å². The molecule has 2 rings (SSSR count). The highest BCUT2D eigenvalue weighted by Gasteiger charge is 2.14. The Labute approximate surface area is 129 Å². The van der Waals surface area contributed by atoms with Crippen molar-refractivity contribution < 1.29 is 9.59 Å². The van der Waals surface area contributed by atoms with Crippen LogP contribution in [-0.2, 0) is 4.79 Å². The van der Waals surface area contributed by atoms with Gasteiger partial charge in [-0.2, -0.15) is 0 Å². The monoisotopic (exact) mass is 294 g/mol. The minimum atomic E-state index is -0.306. The molecule has 2 aromatic carbocycles. The van der Waals surface area contributed by atoms with Crippen LogP contribution < -0.4 is 10.6 Å². The van der Waals surface area contributed by atoms with Crippen molar-refractivity contribution in [2.75, 3.05) is 6.54 Å². The molecule has 0 heterocycles. The molecule has 0 aliphatic carbocycles. The summed E-state index contributed by atoms with van der Waals surface area (Å²) >= 11 is 0. The highest BCUT2D eigenvalue weighted by Crippen LogP contribution is 2.12. The van der Waals surface area contributed by atoms with E-state index in [4.69, 9.17) is 0 Å². The molecule has 2 amide bonds. The summed E-state index contributed by atoms with van der Waals surface area (Å²) in [5.41, 5.74) is 1.51. The second kappa shape index (κ2) is 7.78. The molecule has 22 heavy (non-hydrogen) atoms. The van der Waals surface area contributed by atoms with E-state index in [2.05, 4.69) is 17.2 Å². The fourth-order valence-corrected chi connectivity index (χ4v) is 2.05. The van der Waals surface area contributed by atoms with Crippen molar-refractivity contribution in [1.82, 2.24) is 10.6 Å². The van der Waals surface area contributed by atoms with Crippen LogP contribution in [0.25, 0.3) is 0 Å². The van der Waals surface area contributed by atoms with Crippen LogP contribution in [0.1, 0.15) is 22.0 Å². The second-order valence-electron chi connectivity index (χ2n) is 4.75. The minimum absolute atomic E-state index is 0.172. The van der Waals surface area contributed by atoms with Crippen molar-refractivity contribution in [3.63, 3.8) is 0 Å². The molecule has 0 aromatic heterocycles. The van der Waals surface area contributed by atoms with Crippen LogP contribution in [0.4, 0.5) is 0 Å². The average molecular weight is 294 g/mol. The number of nitrogens with one attached hydrogen (secondary N) is 2. The molecule has 0 radical (unpaired) electrons. The molecule has 2 aromatic rings. The van der Waals surface area contributed by atoms with E-state index in [1.54, 1.807) is 12.1 Å². The van der Waals surface area contributed by atoms with E-state index in [1.165, 1.54) is 6.08 Å². The quantitative estimate of drug-likeness (QED) is 0.804. The van der Waals surface area contributed by atoms with E-state index in [9.17, 15) is 9.59 Å². The van der Waals surface area contributed by atoms with Gasteiger partial charge in [-0.3, -0.25) is 9.59 Å². The first-order valence-electron chi connectivity index (χ1n) is 7.02. The SMILES string of the molecule is C=CC(=O)NC(CNC(=O)c1ccccc1)c1ccccc1. The Balaban J connectivity index is 2.05. The van der Waals surface area contributed by atoms with Gasteiger partial charge in [-0.25, -0.2) is 0 Å². The van der Waals surface area contributed by atoms with Crippen molar-refractivity contribution in [3.8, 4) is 0 Å². The molecule has 4 heteroatoms. The molecular formula is C18H18N2O2. The lowest BCUT2D eigenvalue weighted by Gasteiger charge is -2.19. The van der Waals surface area contributed by atoms with Gasteiger partial charge < -0.3 is 10.6 Å². The van der Waals surface area contributed by atoms with Crippen molar-refractivity contribution in [1.29, 1.82) is 0 Å². The molecular weight excluding hydrogens is 276 g/mol. The first-order chi connectivity index (χ1) is 10.7. The molecule has 1 unspecified atom stereocenters. The van der Waals surface area contributed by atoms with Crippen LogP contribution in [0.3, 0.4) is 0 Å². The fraction of sp³-hybridized carbons (Fsp3) is 0.111. The molecule has 0 aliphatic heterocycles. The third-order valence-corrected chi connectivity index (χ3v) is 3.21. The van der Waals surface area contributed by atoms with Gasteiger partial charge in [0.25, 0.3) is 5.91 Å². The Morgan fingerprint density at radius 3 is 2.18 bits per heavy atom. The summed E-state index contributed by atoms with van der Waals surface area (Å²) in [5, 5.41) is 5.66. The van der Waals surface area contributed by atoms with Crippen LogP contribution in [0.15, 0.2) is 73.3 Å². The summed E-state index contributed by atoms with van der Waals surface area (Å²) in [4.78, 5) is 23.7. The molecule has 0 fully saturated rings. The van der Waals surface area contributed by atoms with Gasteiger partial charge in [0.05, 0.1) is 6.04 Å². The van der Waals surface area contributed by atoms with Gasteiger partial charge in [-0.1, -0.05) is 55.1 Å². The molecule has 0 spiro atoms. The highest BCUT2D eigenvalue weighted by molar-refractivity contribution is 5.94. The summed E-state index contributed by atoms with van der Waals surface area (Å²) in [6.45, 7) is 3.75. The van der Waals surface area contributed by atoms with Crippen LogP contribution >= 0.6 is 0 Å². The number of benzene rings is 2. The first kappa shape index (κ1) is 15.5. The van der Waals surface area contributed by atoms with E-state index in [0.29, 0.717) is 12.1 Å². The Kier molecular flexibility index (Phi) is 5.49. The van der Waals surface area contributed by atoms with Gasteiger partial charge in [0.1, 0.15) is 0 Å². The van der Waals surface area contributed by atoms with Gasteiger partial charge >= 0.3 is 0 Å². The van der Waals surface area contributed by atoms with E-state index >= 15 is 0 Å². The molecule has 1 atom stereocenters. The lowest BCUT2D eigenvalue weighted by Crippen LogP contribution is -2.37. The van der Waals surface area contributed by atoms with Crippen LogP contribution in [0.2, 0.25) is 0 Å². The lowest BCUT2D eigenvalue weighted by molar-refractivity contribution is -0.117. The van der Waals surface area contributed by atoms with Gasteiger partial charge in [0.15, 0.2) is 0 Å². The Morgan fingerprint density at radius 1 is 1.00 bits per heavy atom. The predicted molar refractivity (Wildman–Crippen MR) is 86.3 cm³/mol. The zero-order valence-corrected chi connectivity index (χ0v) is 12.2. The Hall–Kier alpha value is -2.88. The van der Waals surface area contributed by atoms with E-state index in [1.807, 2.05) is 48.5 Å². The highest BCUT2D eigenvalue weighted by atomic mass is 16.2. The normalized spacial score (nSPS) is 11.3. The molecule has 0 aliphatic rings. The number of carbonyl (C=O) groups excluding carboxylic acids is 2. The van der Waals surface area contributed by atoms with Crippen LogP contribution in [-0.4, -0.2) is 18.4 Å². The maximum absolute atomic E-state index is 12.1. The molecule has 0 saturated heterocycles. The third-order valence-electron chi connectivity index (χ3n) is 3.21. The zero-order chi connectivity index (χ0) is 15.8. The lowest BCUT2D eigenvalue weighted by atomic mass is 10.1. The fourth-order valence-electron chi connectivity index (χ4n) is 2.05. The molecule has 112 valence electrons. The smallest absolute Gasteiger partial charge is 0.251 e. The third kappa shape index (κ3) is 4.31. The van der Waals surface area contributed by atoms with E-state index in [0.717, 1.165) is 5.56 Å². The molecule has 0 bridgehead atoms. The topological polar surface area (TPSA) is 58.2 Å². The number of rotatable bonds is 6. The Bertz CT molecular complexity index is 639. The van der Waals surface area contributed by atoms with Gasteiger partial charge in [0, 0.05) is 12.1 Å². The largest absolute Gasteiger partial charge is 0.350 e. The number of carbonyl (C=O) groups is 2. The van der Waals surface area contributed by atoms with Crippen molar-refractivity contribution in [2.24, 2.45) is 0 Å². The number of amides is 2. The van der Waals surface area contributed by atoms with Gasteiger partial charge in [-0.15, -0.1) is 0 Å². The standard InChI is InChI=1S/C18H18N2O2/c1-2-17(21)20-16(14-9-5-3-6-10-14)13-19-18(22)15-11-7-4-8-12-15/h2-12,16H,1,13H2,(H,19,22)(H,20,21). The molecule has 2 N–H and O–H groups in total. The predicted octanol–water partition coefficient (Wildman–Crippen LogP) is 2.46. The second-order valence-corrected chi connectivity index (χ2v) is 4.75. The summed E-state index contributed by atoms with van der Waals surface area (Å²) in [5.74, 6) is -0.447. The van der Waals surface area contributed by atoms with Gasteiger partial charge in [0.2, 0.25) is 5.91 Å². The summed E-state index contributed by atoms with van der Waals surface area (Å²) in [6, 6.07) is 18.1. The van der Waals surface area contributed by atoms with E-state index < -0.39 is 0 Å². The van der Waals surface area contributed by atoms with Crippen molar-refractivity contribution in [2.45, 2.75) is 6.04 Å². The number of hydrogen-bond acceptors (Lipinski definition) is 2.